The number of para-hydroxylation sites is 3. The Morgan fingerprint density at radius 2 is 1.48 bits per heavy atom. The van der Waals surface area contributed by atoms with Crippen LogP contribution >= 0.6 is 0 Å². The van der Waals surface area contributed by atoms with Crippen molar-refractivity contribution in [3.05, 3.63) is 145 Å². The van der Waals surface area contributed by atoms with E-state index >= 15 is 0 Å². The number of hydrogen-bond donors (Lipinski definition) is 1. The molecule has 0 radical (unpaired) electrons. The molecule has 3 aromatic heterocycles. The summed E-state index contributed by atoms with van der Waals surface area (Å²) in [5.41, 5.74) is 14.2. The van der Waals surface area contributed by atoms with Crippen LogP contribution in [0.2, 0.25) is 0 Å². The van der Waals surface area contributed by atoms with Gasteiger partial charge in [-0.25, -0.2) is 14.5 Å². The van der Waals surface area contributed by atoms with E-state index in [0.717, 1.165) is 46.3 Å². The molecule has 8 aromatic rings. The van der Waals surface area contributed by atoms with Gasteiger partial charge in [-0.1, -0.05) is 60.7 Å². The summed E-state index contributed by atoms with van der Waals surface area (Å²) in [5.74, 6) is 0. The number of fused-ring (bicyclic) bond motifs is 6. The van der Waals surface area contributed by atoms with E-state index in [9.17, 15) is 0 Å². The maximum atomic E-state index is 4.84. The normalized spacial score (nSPS) is 12.9. The van der Waals surface area contributed by atoms with Crippen molar-refractivity contribution in [1.82, 2.24) is 14.5 Å². The van der Waals surface area contributed by atoms with Crippen LogP contribution in [0.5, 0.6) is 0 Å². The molecule has 5 nitrogen and oxygen atoms in total. The molecule has 5 aromatic carbocycles. The quantitative estimate of drug-likeness (QED) is 0.217. The van der Waals surface area contributed by atoms with E-state index in [-0.39, 0.29) is 0 Å². The number of H-pyrrole nitrogens is 1. The van der Waals surface area contributed by atoms with Crippen LogP contribution in [0, 0.1) is 0 Å². The first kappa shape index (κ1) is 24.9. The van der Waals surface area contributed by atoms with Gasteiger partial charge in [0.1, 0.15) is 5.65 Å². The highest BCUT2D eigenvalue weighted by molar-refractivity contribution is 6.07. The number of imidazole rings is 1. The fourth-order valence-corrected chi connectivity index (χ4v) is 7.05. The number of aromatic nitrogens is 4. The molecular weight excluding hydrogens is 538 g/mol. The van der Waals surface area contributed by atoms with Crippen LogP contribution in [0.15, 0.2) is 134 Å². The van der Waals surface area contributed by atoms with Gasteiger partial charge in [0.25, 0.3) is 0 Å². The summed E-state index contributed by atoms with van der Waals surface area (Å²) >= 11 is 0. The average Bonchev–Trinajstić information content (AvgIpc) is 3.57. The van der Waals surface area contributed by atoms with Crippen LogP contribution in [0.25, 0.3) is 49.8 Å². The second-order valence-corrected chi connectivity index (χ2v) is 11.6. The molecule has 0 fully saturated rings. The summed E-state index contributed by atoms with van der Waals surface area (Å²) in [4.78, 5) is 10.8. The minimum absolute atomic E-state index is 0.969. The van der Waals surface area contributed by atoms with Crippen molar-refractivity contribution in [2.24, 2.45) is 7.05 Å². The minimum Gasteiger partial charge on any atom is -0.310 e. The molecule has 5 heteroatoms. The third-order valence-electron chi connectivity index (χ3n) is 9.14. The molecule has 4 heterocycles. The average molecular weight is 569 g/mol. The molecule has 0 saturated carbocycles. The third-order valence-corrected chi connectivity index (χ3v) is 9.14. The second-order valence-electron chi connectivity index (χ2n) is 11.6. The number of pyridine rings is 1. The lowest BCUT2D eigenvalue weighted by molar-refractivity contribution is -0.644. The molecule has 9 rings (SSSR count). The monoisotopic (exact) mass is 568 g/mol. The summed E-state index contributed by atoms with van der Waals surface area (Å²) in [5, 5.41) is 2.37. The van der Waals surface area contributed by atoms with Gasteiger partial charge in [0.05, 0.1) is 12.6 Å². The second kappa shape index (κ2) is 9.68. The van der Waals surface area contributed by atoms with Gasteiger partial charge in [0, 0.05) is 45.3 Å². The van der Waals surface area contributed by atoms with E-state index < -0.39 is 0 Å². The minimum atomic E-state index is 0.969. The summed E-state index contributed by atoms with van der Waals surface area (Å²) in [6.07, 6.45) is 5.89. The number of aryl methyl sites for hydroxylation is 3. The third kappa shape index (κ3) is 3.72. The molecule has 0 bridgehead atoms. The fourth-order valence-electron chi connectivity index (χ4n) is 7.05. The Morgan fingerprint density at radius 3 is 2.43 bits per heavy atom. The number of aromatic amines is 1. The lowest BCUT2D eigenvalue weighted by Crippen LogP contribution is -2.24. The van der Waals surface area contributed by atoms with Gasteiger partial charge in [-0.05, 0) is 90.2 Å². The molecule has 1 aliphatic rings. The topological polar surface area (TPSA) is 40.7 Å². The number of nitrogens with zero attached hydrogens (tertiary/aromatic N) is 4. The summed E-state index contributed by atoms with van der Waals surface area (Å²) in [6.45, 7) is 0. The Kier molecular flexibility index (Phi) is 5.47. The summed E-state index contributed by atoms with van der Waals surface area (Å²) in [7, 11) is 2.08. The molecule has 0 atom stereocenters. The van der Waals surface area contributed by atoms with Gasteiger partial charge in [-0.2, -0.15) is 0 Å². The van der Waals surface area contributed by atoms with Gasteiger partial charge in [-0.3, -0.25) is 4.57 Å². The Hall–Kier alpha value is -5.68. The zero-order valence-corrected chi connectivity index (χ0v) is 24.4. The number of hydrogen-bond acceptors (Lipinski definition) is 2. The standard InChI is InChI=1S/C39H29N5/c1-42-25-41-38-31(13-7-17-36(38)42)28-21-20-27-19-18-26-9-2-4-15-34(26)43(37(27)23-28)29-10-6-11-30(24-29)44-35-16-5-3-12-32(35)33-14-8-22-40-39(33)44/h2-17,20-25H,18-19H2,1H3/p+1. The van der Waals surface area contributed by atoms with Gasteiger partial charge in [-0.15, -0.1) is 0 Å². The highest BCUT2D eigenvalue weighted by Crippen LogP contribution is 2.44. The highest BCUT2D eigenvalue weighted by atomic mass is 15.2. The van der Waals surface area contributed by atoms with Gasteiger partial charge >= 0.3 is 0 Å². The van der Waals surface area contributed by atoms with E-state index in [1.165, 1.54) is 44.5 Å². The Balaban J connectivity index is 1.27. The van der Waals surface area contributed by atoms with E-state index in [1.54, 1.807) is 0 Å². The van der Waals surface area contributed by atoms with Gasteiger partial charge in [0.15, 0.2) is 11.0 Å². The zero-order valence-electron chi connectivity index (χ0n) is 24.4. The molecule has 210 valence electrons. The lowest BCUT2D eigenvalue weighted by atomic mass is 9.98. The van der Waals surface area contributed by atoms with Crippen molar-refractivity contribution in [3.8, 4) is 16.8 Å². The zero-order chi connectivity index (χ0) is 29.2. The SMILES string of the molecule is C[n+]1c[nH]c2c(-c3ccc4c(c3)N(c3cccc(-n5c6ccccc6c6cccnc65)c3)c3ccccc3CC4)cccc21. The molecular formula is C39H30N5+. The van der Waals surface area contributed by atoms with Crippen molar-refractivity contribution in [2.75, 3.05) is 4.90 Å². The molecule has 0 unspecified atom stereocenters. The van der Waals surface area contributed by atoms with E-state index in [0.29, 0.717) is 0 Å². The van der Waals surface area contributed by atoms with Crippen LogP contribution in [0.4, 0.5) is 17.1 Å². The van der Waals surface area contributed by atoms with Gasteiger partial charge in [0.2, 0.25) is 6.33 Å². The smallest absolute Gasteiger partial charge is 0.242 e. The van der Waals surface area contributed by atoms with Crippen molar-refractivity contribution < 1.29 is 4.57 Å². The first-order valence-corrected chi connectivity index (χ1v) is 15.2. The van der Waals surface area contributed by atoms with Crippen molar-refractivity contribution in [3.63, 3.8) is 0 Å². The Labute approximate surface area is 255 Å². The Bertz CT molecular complexity index is 2320. The molecule has 1 N–H and O–H groups in total. The predicted molar refractivity (Wildman–Crippen MR) is 179 cm³/mol. The summed E-state index contributed by atoms with van der Waals surface area (Å²) < 4.78 is 4.43. The maximum Gasteiger partial charge on any atom is 0.242 e. The van der Waals surface area contributed by atoms with Crippen molar-refractivity contribution in [2.45, 2.75) is 12.8 Å². The van der Waals surface area contributed by atoms with E-state index in [2.05, 4.69) is 141 Å². The number of benzene rings is 5. The van der Waals surface area contributed by atoms with Crippen LogP contribution in [-0.2, 0) is 19.9 Å². The first-order valence-electron chi connectivity index (χ1n) is 15.2. The van der Waals surface area contributed by atoms with E-state index in [4.69, 9.17) is 4.98 Å². The summed E-state index contributed by atoms with van der Waals surface area (Å²) in [6, 6.07) is 44.0. The van der Waals surface area contributed by atoms with Crippen molar-refractivity contribution in [1.29, 1.82) is 0 Å². The van der Waals surface area contributed by atoms with Crippen LogP contribution in [0.3, 0.4) is 0 Å². The maximum absolute atomic E-state index is 4.84. The molecule has 0 amide bonds. The molecule has 0 spiro atoms. The molecule has 0 aliphatic carbocycles. The predicted octanol–water partition coefficient (Wildman–Crippen LogP) is 8.72. The largest absolute Gasteiger partial charge is 0.310 e. The molecule has 0 saturated heterocycles. The highest BCUT2D eigenvalue weighted by Gasteiger charge is 2.24. The van der Waals surface area contributed by atoms with Crippen LogP contribution in [-0.4, -0.2) is 14.5 Å². The molecule has 1 aliphatic heterocycles. The van der Waals surface area contributed by atoms with Gasteiger partial charge < -0.3 is 4.90 Å². The lowest BCUT2D eigenvalue weighted by Gasteiger charge is -2.28. The van der Waals surface area contributed by atoms with Crippen LogP contribution < -0.4 is 9.47 Å². The molecule has 44 heavy (non-hydrogen) atoms. The first-order chi connectivity index (χ1) is 21.7. The number of rotatable bonds is 3. The number of nitrogens with one attached hydrogen (secondary N) is 1. The van der Waals surface area contributed by atoms with Crippen LogP contribution in [0.1, 0.15) is 11.1 Å². The number of anilines is 3. The van der Waals surface area contributed by atoms with E-state index in [1.807, 2.05) is 18.6 Å². The fraction of sp³-hybridized carbons (Fsp3) is 0.0769. The Morgan fingerprint density at radius 1 is 0.682 bits per heavy atom. The van der Waals surface area contributed by atoms with Crippen molar-refractivity contribution >= 4 is 50.0 Å².